The number of ether oxygens (including phenoxy) is 2. The van der Waals surface area contributed by atoms with Crippen molar-refractivity contribution in [3.05, 3.63) is 0 Å². The average molecular weight is 339 g/mol. The normalized spacial score (nSPS) is 35.4. The molecule has 18 heavy (non-hydrogen) atoms. The lowest BCUT2D eigenvalue weighted by Gasteiger charge is -2.27. The van der Waals surface area contributed by atoms with Crippen molar-refractivity contribution >= 4 is 25.8 Å². The highest BCUT2D eigenvalue weighted by Crippen LogP contribution is 2.60. The van der Waals surface area contributed by atoms with E-state index in [4.69, 9.17) is 9.47 Å². The zero-order valence-corrected chi connectivity index (χ0v) is 13.1. The second kappa shape index (κ2) is 3.71. The molecule has 0 aromatic rings. The molecule has 0 amide bonds. The third kappa shape index (κ3) is 1.65. The SMILES string of the molecule is CC1(C)OCC(C2(S(=O)(=O)C3(CBr)CC3)CC2)O1. The Kier molecular flexibility index (Phi) is 2.75. The molecule has 4 nitrogen and oxygen atoms in total. The topological polar surface area (TPSA) is 52.6 Å². The lowest BCUT2D eigenvalue weighted by Crippen LogP contribution is -2.46. The number of sulfone groups is 1. The van der Waals surface area contributed by atoms with Gasteiger partial charge in [0, 0.05) is 5.33 Å². The van der Waals surface area contributed by atoms with Crippen LogP contribution in [0.4, 0.5) is 0 Å². The summed E-state index contributed by atoms with van der Waals surface area (Å²) in [7, 11) is -3.15. The fourth-order valence-electron chi connectivity index (χ4n) is 2.88. The quantitative estimate of drug-likeness (QED) is 0.736. The molecule has 0 spiro atoms. The summed E-state index contributed by atoms with van der Waals surface area (Å²) in [5.74, 6) is -0.652. The summed E-state index contributed by atoms with van der Waals surface area (Å²) in [6.07, 6.45) is 2.69. The Morgan fingerprint density at radius 1 is 1.22 bits per heavy atom. The number of rotatable bonds is 4. The number of hydrogen-bond acceptors (Lipinski definition) is 4. The minimum absolute atomic E-state index is 0.297. The maximum absolute atomic E-state index is 12.9. The summed E-state index contributed by atoms with van der Waals surface area (Å²) in [5, 5.41) is 0.543. The molecular weight excluding hydrogens is 320 g/mol. The van der Waals surface area contributed by atoms with Gasteiger partial charge >= 0.3 is 0 Å². The Morgan fingerprint density at radius 3 is 2.17 bits per heavy atom. The van der Waals surface area contributed by atoms with Crippen LogP contribution in [0.2, 0.25) is 0 Å². The highest BCUT2D eigenvalue weighted by atomic mass is 79.9. The van der Waals surface area contributed by atoms with Crippen LogP contribution in [0.3, 0.4) is 0 Å². The third-order valence-electron chi connectivity index (χ3n) is 4.49. The van der Waals surface area contributed by atoms with Crippen LogP contribution in [0.5, 0.6) is 0 Å². The second-order valence-corrected chi connectivity index (χ2v) is 9.45. The van der Waals surface area contributed by atoms with Crippen molar-refractivity contribution in [3.8, 4) is 0 Å². The van der Waals surface area contributed by atoms with Gasteiger partial charge in [-0.2, -0.15) is 0 Å². The summed E-state index contributed by atoms with van der Waals surface area (Å²) in [5.41, 5.74) is 0. The molecule has 0 aromatic carbocycles. The van der Waals surface area contributed by atoms with Crippen molar-refractivity contribution < 1.29 is 17.9 Å². The molecule has 0 aromatic heterocycles. The largest absolute Gasteiger partial charge is 0.348 e. The Balaban J connectivity index is 1.88. The van der Waals surface area contributed by atoms with Gasteiger partial charge in [0.15, 0.2) is 15.6 Å². The smallest absolute Gasteiger partial charge is 0.165 e. The minimum atomic E-state index is -3.15. The fraction of sp³-hybridized carbons (Fsp3) is 1.00. The van der Waals surface area contributed by atoms with E-state index in [1.54, 1.807) is 0 Å². The van der Waals surface area contributed by atoms with E-state index in [-0.39, 0.29) is 6.10 Å². The molecule has 1 saturated heterocycles. The molecule has 3 rings (SSSR count). The van der Waals surface area contributed by atoms with Crippen molar-refractivity contribution in [1.82, 2.24) is 0 Å². The third-order valence-corrected chi connectivity index (χ3v) is 9.37. The summed E-state index contributed by atoms with van der Waals surface area (Å²) >= 11 is 3.37. The summed E-state index contributed by atoms with van der Waals surface area (Å²) < 4.78 is 35.9. The average Bonchev–Trinajstić information content (AvgIpc) is 3.18. The van der Waals surface area contributed by atoms with E-state index in [9.17, 15) is 8.42 Å². The van der Waals surface area contributed by atoms with Gasteiger partial charge in [0.25, 0.3) is 0 Å². The Hall–Kier alpha value is 0.350. The number of hydrogen-bond donors (Lipinski definition) is 0. The lowest BCUT2D eigenvalue weighted by atomic mass is 10.2. The van der Waals surface area contributed by atoms with E-state index in [1.165, 1.54) is 0 Å². The monoisotopic (exact) mass is 338 g/mol. The van der Waals surface area contributed by atoms with E-state index < -0.39 is 25.1 Å². The fourth-order valence-corrected chi connectivity index (χ4v) is 7.09. The van der Waals surface area contributed by atoms with Gasteiger partial charge in [0.1, 0.15) is 10.9 Å². The first-order valence-electron chi connectivity index (χ1n) is 6.41. The Morgan fingerprint density at radius 2 is 1.83 bits per heavy atom. The Labute approximate surface area is 116 Å². The molecule has 1 unspecified atom stereocenters. The van der Waals surface area contributed by atoms with E-state index in [1.807, 2.05) is 13.8 Å². The molecule has 3 aliphatic rings. The molecule has 6 heteroatoms. The van der Waals surface area contributed by atoms with Gasteiger partial charge in [0.2, 0.25) is 0 Å². The molecule has 0 bridgehead atoms. The first kappa shape index (κ1) is 13.3. The zero-order valence-electron chi connectivity index (χ0n) is 10.7. The van der Waals surface area contributed by atoms with Gasteiger partial charge in [-0.1, -0.05) is 15.9 Å². The van der Waals surface area contributed by atoms with Crippen molar-refractivity contribution in [3.63, 3.8) is 0 Å². The van der Waals surface area contributed by atoms with Crippen molar-refractivity contribution in [2.45, 2.75) is 60.9 Å². The van der Waals surface area contributed by atoms with E-state index >= 15 is 0 Å². The van der Waals surface area contributed by atoms with Crippen LogP contribution in [0.15, 0.2) is 0 Å². The van der Waals surface area contributed by atoms with E-state index in [0.29, 0.717) is 24.8 Å². The van der Waals surface area contributed by atoms with Crippen LogP contribution >= 0.6 is 15.9 Å². The zero-order chi connectivity index (χ0) is 13.2. The van der Waals surface area contributed by atoms with Gasteiger partial charge in [-0.05, 0) is 39.5 Å². The van der Waals surface area contributed by atoms with Crippen LogP contribution in [0.25, 0.3) is 0 Å². The molecule has 2 saturated carbocycles. The summed E-state index contributed by atoms with van der Waals surface area (Å²) in [6.45, 7) is 4.07. The predicted molar refractivity (Wildman–Crippen MR) is 71.5 cm³/mol. The van der Waals surface area contributed by atoms with Crippen LogP contribution in [0, 0.1) is 0 Å². The molecule has 1 atom stereocenters. The molecule has 2 aliphatic carbocycles. The molecule has 0 N–H and O–H groups in total. The Bertz CT molecular complexity index is 462. The highest BCUT2D eigenvalue weighted by Gasteiger charge is 2.71. The van der Waals surface area contributed by atoms with Crippen LogP contribution in [0.1, 0.15) is 39.5 Å². The van der Waals surface area contributed by atoms with E-state index in [0.717, 1.165) is 12.8 Å². The molecular formula is C12H19BrO4S. The van der Waals surface area contributed by atoms with Gasteiger partial charge in [-0.15, -0.1) is 0 Å². The van der Waals surface area contributed by atoms with Crippen molar-refractivity contribution in [2.24, 2.45) is 0 Å². The molecule has 1 heterocycles. The minimum Gasteiger partial charge on any atom is -0.348 e. The molecule has 1 aliphatic heterocycles. The predicted octanol–water partition coefficient (Wildman–Crippen LogP) is 2.01. The first-order chi connectivity index (χ1) is 8.29. The number of halogens is 1. The summed E-state index contributed by atoms with van der Waals surface area (Å²) in [6, 6.07) is 0. The summed E-state index contributed by atoms with van der Waals surface area (Å²) in [4.78, 5) is 0. The van der Waals surface area contributed by atoms with Gasteiger partial charge < -0.3 is 9.47 Å². The molecule has 0 radical (unpaired) electrons. The van der Waals surface area contributed by atoms with Crippen LogP contribution in [-0.4, -0.2) is 41.7 Å². The van der Waals surface area contributed by atoms with Gasteiger partial charge in [0.05, 0.1) is 11.4 Å². The lowest BCUT2D eigenvalue weighted by molar-refractivity contribution is -0.139. The van der Waals surface area contributed by atoms with Crippen molar-refractivity contribution in [2.75, 3.05) is 11.9 Å². The highest BCUT2D eigenvalue weighted by molar-refractivity contribution is 9.09. The maximum atomic E-state index is 12.9. The first-order valence-corrected chi connectivity index (χ1v) is 9.01. The van der Waals surface area contributed by atoms with Gasteiger partial charge in [-0.3, -0.25) is 0 Å². The van der Waals surface area contributed by atoms with E-state index in [2.05, 4.69) is 15.9 Å². The van der Waals surface area contributed by atoms with Gasteiger partial charge in [-0.25, -0.2) is 8.42 Å². The standard InChI is InChI=1S/C12H19BrO4S/c1-10(2)16-7-9(17-10)12(5-6-12)18(14,15)11(8-13)3-4-11/h9H,3-8H2,1-2H3. The van der Waals surface area contributed by atoms with Crippen LogP contribution < -0.4 is 0 Å². The second-order valence-electron chi connectivity index (χ2n) is 6.20. The molecule has 3 fully saturated rings. The maximum Gasteiger partial charge on any atom is 0.165 e. The van der Waals surface area contributed by atoms with Crippen molar-refractivity contribution in [1.29, 1.82) is 0 Å². The number of alkyl halides is 1. The van der Waals surface area contributed by atoms with Crippen LogP contribution in [-0.2, 0) is 19.3 Å². The molecule has 104 valence electrons.